The zero-order valence-electron chi connectivity index (χ0n) is 10.6. The van der Waals surface area contributed by atoms with E-state index in [1.165, 1.54) is 13.2 Å². The summed E-state index contributed by atoms with van der Waals surface area (Å²) in [4.78, 5) is 11.0. The van der Waals surface area contributed by atoms with Gasteiger partial charge in [0.1, 0.15) is 0 Å². The van der Waals surface area contributed by atoms with Crippen LogP contribution in [0, 0.1) is 5.82 Å². The van der Waals surface area contributed by atoms with E-state index < -0.39 is 11.8 Å². The van der Waals surface area contributed by atoms with Gasteiger partial charge < -0.3 is 15.2 Å². The highest BCUT2D eigenvalue weighted by Crippen LogP contribution is 2.24. The van der Waals surface area contributed by atoms with Crippen LogP contribution in [0.1, 0.15) is 18.9 Å². The van der Waals surface area contributed by atoms with Crippen LogP contribution in [0.5, 0.6) is 5.75 Å². The molecule has 1 rings (SSSR count). The molecule has 0 radical (unpaired) electrons. The monoisotopic (exact) mass is 255 g/mol. The maximum atomic E-state index is 13.6. The Labute approximate surface area is 106 Å². The molecule has 0 saturated heterocycles. The quantitative estimate of drug-likeness (QED) is 0.785. The summed E-state index contributed by atoms with van der Waals surface area (Å²) in [6.07, 6.45) is 1.29. The third-order valence-electron chi connectivity index (χ3n) is 2.62. The molecule has 0 aromatic heterocycles. The lowest BCUT2D eigenvalue weighted by Crippen LogP contribution is -2.22. The number of nitrogens with two attached hydrogens (primary N) is 1. The Morgan fingerprint density at radius 1 is 1.50 bits per heavy atom. The van der Waals surface area contributed by atoms with Crippen LogP contribution in [-0.4, -0.2) is 25.7 Å². The van der Waals surface area contributed by atoms with Crippen molar-refractivity contribution in [1.29, 1.82) is 0 Å². The molecule has 0 saturated carbocycles. The van der Waals surface area contributed by atoms with Crippen molar-refractivity contribution in [2.24, 2.45) is 5.73 Å². The molecule has 100 valence electrons. The minimum atomic E-state index is -0.552. The Morgan fingerprint density at radius 3 is 2.83 bits per heavy atom. The molecular formula is C13H18FNO3. The average Bonchev–Trinajstić information content (AvgIpc) is 2.37. The lowest BCUT2D eigenvalue weighted by atomic mass is 10.0. The fourth-order valence-corrected chi connectivity index (χ4v) is 1.49. The predicted octanol–water partition coefficient (Wildman–Crippen LogP) is 1.66. The van der Waals surface area contributed by atoms with E-state index in [1.807, 2.05) is 6.92 Å². The summed E-state index contributed by atoms with van der Waals surface area (Å²) in [5.41, 5.74) is 6.50. The van der Waals surface area contributed by atoms with E-state index in [-0.39, 0.29) is 18.4 Å². The molecule has 1 unspecified atom stereocenters. The molecule has 0 aliphatic carbocycles. The first-order valence-electron chi connectivity index (χ1n) is 5.81. The molecule has 18 heavy (non-hydrogen) atoms. The van der Waals surface area contributed by atoms with Crippen molar-refractivity contribution in [2.45, 2.75) is 25.8 Å². The molecule has 0 aliphatic heterocycles. The number of ether oxygens (including phenoxy) is 2. The number of para-hydroxylation sites is 1. The molecule has 1 atom stereocenters. The number of hydrogen-bond donors (Lipinski definition) is 1. The summed E-state index contributed by atoms with van der Waals surface area (Å²) >= 11 is 0. The largest absolute Gasteiger partial charge is 0.479 e. The fourth-order valence-electron chi connectivity index (χ4n) is 1.49. The van der Waals surface area contributed by atoms with Crippen molar-refractivity contribution < 1.29 is 18.7 Å². The molecule has 0 fully saturated rings. The van der Waals surface area contributed by atoms with Crippen LogP contribution in [0.4, 0.5) is 4.39 Å². The van der Waals surface area contributed by atoms with Gasteiger partial charge in [-0.3, -0.25) is 0 Å². The number of halogens is 1. The summed E-state index contributed by atoms with van der Waals surface area (Å²) in [5, 5.41) is 0. The van der Waals surface area contributed by atoms with Crippen LogP contribution in [0.15, 0.2) is 18.2 Å². The number of hydrogen-bond acceptors (Lipinski definition) is 4. The minimum Gasteiger partial charge on any atom is -0.479 e. The van der Waals surface area contributed by atoms with Crippen LogP contribution < -0.4 is 10.5 Å². The molecule has 1 aromatic carbocycles. The van der Waals surface area contributed by atoms with Gasteiger partial charge in [0.25, 0.3) is 0 Å². The molecule has 4 nitrogen and oxygen atoms in total. The van der Waals surface area contributed by atoms with Gasteiger partial charge in [-0.1, -0.05) is 19.1 Å². The van der Waals surface area contributed by atoms with Crippen LogP contribution in [-0.2, 0) is 16.0 Å². The molecule has 1 aromatic rings. The topological polar surface area (TPSA) is 61.5 Å². The lowest BCUT2D eigenvalue weighted by molar-refractivity contribution is -0.142. The van der Waals surface area contributed by atoms with Crippen molar-refractivity contribution in [3.05, 3.63) is 29.6 Å². The van der Waals surface area contributed by atoms with Gasteiger partial charge >= 0.3 is 5.97 Å². The zero-order valence-corrected chi connectivity index (χ0v) is 10.6. The molecule has 0 spiro atoms. The smallest absolute Gasteiger partial charge is 0.343 e. The summed E-state index contributed by atoms with van der Waals surface area (Å²) in [5.74, 6) is -0.976. The number of rotatable bonds is 6. The van der Waals surface area contributed by atoms with Gasteiger partial charge in [0.05, 0.1) is 7.11 Å². The number of carbonyl (C=O) groups is 1. The SMILES string of the molecule is CCC(N)Cc1cccc(F)c1OCC(=O)OC. The summed E-state index contributed by atoms with van der Waals surface area (Å²) in [6.45, 7) is 1.64. The standard InChI is InChI=1S/C13H18FNO3/c1-3-10(15)7-9-5-4-6-11(14)13(9)18-8-12(16)17-2/h4-6,10H,3,7-8,15H2,1-2H3. The van der Waals surface area contributed by atoms with E-state index in [9.17, 15) is 9.18 Å². The Hall–Kier alpha value is -1.62. The highest BCUT2D eigenvalue weighted by atomic mass is 19.1. The molecule has 5 heteroatoms. The normalized spacial score (nSPS) is 12.0. The molecule has 0 heterocycles. The van der Waals surface area contributed by atoms with Crippen LogP contribution >= 0.6 is 0 Å². The zero-order chi connectivity index (χ0) is 13.5. The molecule has 0 aliphatic rings. The summed E-state index contributed by atoms with van der Waals surface area (Å²) in [7, 11) is 1.25. The van der Waals surface area contributed by atoms with E-state index >= 15 is 0 Å². The predicted molar refractivity (Wildman–Crippen MR) is 65.9 cm³/mol. The third kappa shape index (κ3) is 4.00. The number of methoxy groups -OCH3 is 1. The van der Waals surface area contributed by atoms with Crippen molar-refractivity contribution in [1.82, 2.24) is 0 Å². The van der Waals surface area contributed by atoms with Gasteiger partial charge in [0.2, 0.25) is 0 Å². The van der Waals surface area contributed by atoms with Crippen LogP contribution in [0.25, 0.3) is 0 Å². The van der Waals surface area contributed by atoms with Crippen LogP contribution in [0.2, 0.25) is 0 Å². The molecular weight excluding hydrogens is 237 g/mol. The lowest BCUT2D eigenvalue weighted by Gasteiger charge is -2.14. The highest BCUT2D eigenvalue weighted by molar-refractivity contribution is 5.70. The van der Waals surface area contributed by atoms with E-state index in [0.717, 1.165) is 6.42 Å². The summed E-state index contributed by atoms with van der Waals surface area (Å²) < 4.78 is 23.2. The first kappa shape index (κ1) is 14.4. The van der Waals surface area contributed by atoms with Crippen molar-refractivity contribution in [2.75, 3.05) is 13.7 Å². The van der Waals surface area contributed by atoms with E-state index in [1.54, 1.807) is 12.1 Å². The second-order valence-corrected chi connectivity index (χ2v) is 3.97. The van der Waals surface area contributed by atoms with Crippen molar-refractivity contribution in [3.8, 4) is 5.75 Å². The van der Waals surface area contributed by atoms with Crippen molar-refractivity contribution in [3.63, 3.8) is 0 Å². The average molecular weight is 255 g/mol. The fraction of sp³-hybridized carbons (Fsp3) is 0.462. The maximum Gasteiger partial charge on any atom is 0.343 e. The maximum absolute atomic E-state index is 13.6. The second-order valence-electron chi connectivity index (χ2n) is 3.97. The van der Waals surface area contributed by atoms with Gasteiger partial charge in [0, 0.05) is 6.04 Å². The van der Waals surface area contributed by atoms with Gasteiger partial charge in [-0.25, -0.2) is 9.18 Å². The third-order valence-corrected chi connectivity index (χ3v) is 2.62. The number of esters is 1. The second kappa shape index (κ2) is 6.96. The summed E-state index contributed by atoms with van der Waals surface area (Å²) in [6, 6.07) is 4.56. The Bertz CT molecular complexity index is 409. The molecule has 0 bridgehead atoms. The van der Waals surface area contributed by atoms with E-state index in [2.05, 4.69) is 4.74 Å². The Balaban J connectivity index is 2.83. The van der Waals surface area contributed by atoms with Gasteiger partial charge in [-0.2, -0.15) is 0 Å². The first-order valence-corrected chi connectivity index (χ1v) is 5.81. The highest BCUT2D eigenvalue weighted by Gasteiger charge is 2.14. The van der Waals surface area contributed by atoms with Crippen LogP contribution in [0.3, 0.4) is 0 Å². The Morgan fingerprint density at radius 2 is 2.22 bits per heavy atom. The van der Waals surface area contributed by atoms with E-state index in [4.69, 9.17) is 10.5 Å². The Kier molecular flexibility index (Phi) is 5.58. The molecule has 2 N–H and O–H groups in total. The van der Waals surface area contributed by atoms with Gasteiger partial charge in [-0.15, -0.1) is 0 Å². The minimum absolute atomic E-state index is 0.0627. The van der Waals surface area contributed by atoms with E-state index in [0.29, 0.717) is 12.0 Å². The molecule has 0 amide bonds. The van der Waals surface area contributed by atoms with Gasteiger partial charge in [0.15, 0.2) is 18.2 Å². The number of carbonyl (C=O) groups excluding carboxylic acids is 1. The van der Waals surface area contributed by atoms with Crippen molar-refractivity contribution >= 4 is 5.97 Å². The first-order chi connectivity index (χ1) is 8.58. The van der Waals surface area contributed by atoms with Gasteiger partial charge in [-0.05, 0) is 24.5 Å². The number of benzene rings is 1.